The van der Waals surface area contributed by atoms with Gasteiger partial charge in [-0.2, -0.15) is 0 Å². The Morgan fingerprint density at radius 3 is 2.80 bits per heavy atom. The molecule has 0 spiro atoms. The van der Waals surface area contributed by atoms with Gasteiger partial charge in [0.1, 0.15) is 12.4 Å². The second-order valence-electron chi connectivity index (χ2n) is 10.5. The molecule has 1 N–H and O–H groups in total. The first kappa shape index (κ1) is 26.3. The largest absolute Gasteiger partial charge is 0.493 e. The topological polar surface area (TPSA) is 98.2 Å². The Hall–Kier alpha value is -3.89. The smallest absolute Gasteiger partial charge is 0.227 e. The Morgan fingerprint density at radius 1 is 1.12 bits per heavy atom. The summed E-state index contributed by atoms with van der Waals surface area (Å²) in [5.41, 5.74) is 4.11. The van der Waals surface area contributed by atoms with Crippen molar-refractivity contribution in [3.8, 4) is 28.6 Å². The molecule has 2 saturated heterocycles. The minimum atomic E-state index is -0.248. The number of hydrogen-bond donors (Lipinski definition) is 1. The number of nitrogens with one attached hydrogen (secondary N) is 1. The van der Waals surface area contributed by atoms with Crippen LogP contribution < -0.4 is 14.8 Å². The van der Waals surface area contributed by atoms with E-state index in [2.05, 4.69) is 38.0 Å². The monoisotopic (exact) mass is 545 g/mol. The molecule has 4 bridgehead atoms. The summed E-state index contributed by atoms with van der Waals surface area (Å²) in [7, 11) is 1.62. The zero-order chi connectivity index (χ0) is 27.5. The second-order valence-corrected chi connectivity index (χ2v) is 10.5. The third kappa shape index (κ3) is 5.68. The van der Waals surface area contributed by atoms with Crippen molar-refractivity contribution in [3.63, 3.8) is 0 Å². The molecule has 1 unspecified atom stereocenters. The Kier molecular flexibility index (Phi) is 7.70. The quantitative estimate of drug-likeness (QED) is 0.538. The van der Waals surface area contributed by atoms with E-state index in [0.29, 0.717) is 50.6 Å². The van der Waals surface area contributed by atoms with Crippen LogP contribution in [0.4, 0.5) is 0 Å². The zero-order valence-electron chi connectivity index (χ0n) is 22.8. The van der Waals surface area contributed by atoms with Gasteiger partial charge in [0.05, 0.1) is 32.8 Å². The van der Waals surface area contributed by atoms with E-state index in [-0.39, 0.29) is 17.7 Å². The van der Waals surface area contributed by atoms with Crippen molar-refractivity contribution < 1.29 is 23.8 Å². The Balaban J connectivity index is 1.40. The Labute approximate surface area is 233 Å². The van der Waals surface area contributed by atoms with E-state index in [9.17, 15) is 9.59 Å². The van der Waals surface area contributed by atoms with Gasteiger partial charge in [-0.3, -0.25) is 19.1 Å². The molecular formula is C30H35N5O5. The zero-order valence-corrected chi connectivity index (χ0v) is 22.8. The maximum Gasteiger partial charge on any atom is 0.227 e. The normalized spacial score (nSPS) is 19.8. The lowest BCUT2D eigenvalue weighted by Gasteiger charge is -2.30. The van der Waals surface area contributed by atoms with Gasteiger partial charge in [-0.15, -0.1) is 0 Å². The molecule has 4 heterocycles. The van der Waals surface area contributed by atoms with Crippen molar-refractivity contribution in [2.45, 2.75) is 25.9 Å². The maximum absolute atomic E-state index is 13.8. The number of methoxy groups -OCH3 is 1. The van der Waals surface area contributed by atoms with Crippen LogP contribution in [0.1, 0.15) is 24.0 Å². The van der Waals surface area contributed by atoms with E-state index in [1.165, 1.54) is 5.56 Å². The van der Waals surface area contributed by atoms with Crippen LogP contribution in [0.3, 0.4) is 0 Å². The molecule has 2 aromatic carbocycles. The summed E-state index contributed by atoms with van der Waals surface area (Å²) in [6, 6.07) is 12.3. The molecule has 0 aliphatic carbocycles. The third-order valence-electron chi connectivity index (χ3n) is 7.81. The van der Waals surface area contributed by atoms with Crippen LogP contribution in [-0.2, 0) is 27.4 Å². The molecule has 3 aliphatic heterocycles. The van der Waals surface area contributed by atoms with Gasteiger partial charge in [0.15, 0.2) is 11.5 Å². The van der Waals surface area contributed by atoms with Gasteiger partial charge in [-0.05, 0) is 47.9 Å². The summed E-state index contributed by atoms with van der Waals surface area (Å²) < 4.78 is 19.4. The fourth-order valence-electron chi connectivity index (χ4n) is 5.69. The van der Waals surface area contributed by atoms with Crippen LogP contribution in [0.25, 0.3) is 17.1 Å². The molecule has 40 heavy (non-hydrogen) atoms. The number of morpholine rings is 1. The highest BCUT2D eigenvalue weighted by Gasteiger charge is 2.29. The van der Waals surface area contributed by atoms with Crippen molar-refractivity contribution in [2.75, 3.05) is 53.1 Å². The number of carbonyl (C=O) groups is 2. The summed E-state index contributed by atoms with van der Waals surface area (Å²) in [5, 5.41) is 2.86. The van der Waals surface area contributed by atoms with E-state index >= 15 is 0 Å². The molecule has 2 fully saturated rings. The number of fused-ring (bicyclic) bond motifs is 7. The van der Waals surface area contributed by atoms with Crippen LogP contribution in [0.2, 0.25) is 0 Å². The highest BCUT2D eigenvalue weighted by Crippen LogP contribution is 2.34. The molecular weight excluding hydrogens is 510 g/mol. The first-order valence-electron chi connectivity index (χ1n) is 13.9. The molecule has 1 aromatic heterocycles. The van der Waals surface area contributed by atoms with Crippen molar-refractivity contribution in [2.24, 2.45) is 5.92 Å². The van der Waals surface area contributed by atoms with Crippen LogP contribution in [-0.4, -0.2) is 84.3 Å². The SMILES string of the molecule is COc1ccc2cc1OCCN(C(=O)C1CCC(=O)NC1)Cc1cc(CN3CCOCC3)cc(c1)-n1ccnc1-2. The fraction of sp³-hybridized carbons (Fsp3) is 0.433. The molecule has 3 aliphatic rings. The first-order chi connectivity index (χ1) is 19.6. The number of amides is 2. The Morgan fingerprint density at radius 2 is 2.00 bits per heavy atom. The number of carbonyl (C=O) groups excluding carboxylic acids is 2. The summed E-state index contributed by atoms with van der Waals surface area (Å²) in [4.78, 5) is 34.5. The maximum atomic E-state index is 13.8. The number of ether oxygens (including phenoxy) is 3. The standard InChI is InChI=1S/C30H35N5O5/c1-38-26-4-2-23-17-27(26)40-13-10-34(30(37)24-3-5-28(36)32-18-24)20-22-14-21(19-33-8-11-39-12-9-33)15-25(16-22)35-7-6-31-29(23)35/h2,4,6-7,14-17,24H,3,5,8-13,18-20H2,1H3,(H,32,36). The van der Waals surface area contributed by atoms with Crippen LogP contribution in [0.15, 0.2) is 48.8 Å². The molecule has 10 heteroatoms. The van der Waals surface area contributed by atoms with Crippen LogP contribution in [0.5, 0.6) is 11.5 Å². The van der Waals surface area contributed by atoms with E-state index in [1.54, 1.807) is 13.3 Å². The number of benzene rings is 2. The number of imidazole rings is 1. The van der Waals surface area contributed by atoms with Crippen molar-refractivity contribution in [1.82, 2.24) is 24.7 Å². The summed E-state index contributed by atoms with van der Waals surface area (Å²) in [5.74, 6) is 1.81. The second kappa shape index (κ2) is 11.7. The molecule has 0 radical (unpaired) electrons. The van der Waals surface area contributed by atoms with E-state index in [0.717, 1.165) is 55.5 Å². The third-order valence-corrected chi connectivity index (χ3v) is 7.81. The molecule has 0 saturated carbocycles. The molecule has 2 amide bonds. The minimum Gasteiger partial charge on any atom is -0.493 e. The summed E-state index contributed by atoms with van der Waals surface area (Å²) in [6.45, 7) is 5.56. The highest BCUT2D eigenvalue weighted by atomic mass is 16.5. The van der Waals surface area contributed by atoms with E-state index in [4.69, 9.17) is 14.2 Å². The fourth-order valence-corrected chi connectivity index (χ4v) is 5.69. The number of piperidine rings is 1. The van der Waals surface area contributed by atoms with Gasteiger partial charge in [0, 0.05) is 62.8 Å². The lowest BCUT2D eigenvalue weighted by atomic mass is 9.97. The predicted molar refractivity (Wildman–Crippen MR) is 148 cm³/mol. The molecule has 1 atom stereocenters. The summed E-state index contributed by atoms with van der Waals surface area (Å²) >= 11 is 0. The molecule has 6 rings (SSSR count). The van der Waals surface area contributed by atoms with Gasteiger partial charge in [0.25, 0.3) is 0 Å². The molecule has 10 nitrogen and oxygen atoms in total. The average molecular weight is 546 g/mol. The van der Waals surface area contributed by atoms with Crippen molar-refractivity contribution in [1.29, 1.82) is 0 Å². The van der Waals surface area contributed by atoms with Gasteiger partial charge >= 0.3 is 0 Å². The van der Waals surface area contributed by atoms with E-state index in [1.807, 2.05) is 29.3 Å². The first-order valence-corrected chi connectivity index (χ1v) is 13.9. The van der Waals surface area contributed by atoms with Gasteiger partial charge < -0.3 is 24.4 Å². The predicted octanol–water partition coefficient (Wildman–Crippen LogP) is 2.63. The van der Waals surface area contributed by atoms with Gasteiger partial charge in [-0.1, -0.05) is 6.07 Å². The van der Waals surface area contributed by atoms with Crippen LogP contribution in [0, 0.1) is 5.92 Å². The van der Waals surface area contributed by atoms with Gasteiger partial charge in [-0.25, -0.2) is 4.98 Å². The average Bonchev–Trinajstić information content (AvgIpc) is 3.47. The number of rotatable bonds is 4. The number of nitrogens with zero attached hydrogens (tertiary/aromatic N) is 4. The van der Waals surface area contributed by atoms with Gasteiger partial charge in [0.2, 0.25) is 11.8 Å². The minimum absolute atomic E-state index is 0.000828. The van der Waals surface area contributed by atoms with Crippen LogP contribution >= 0.6 is 0 Å². The lowest BCUT2D eigenvalue weighted by Crippen LogP contribution is -2.45. The summed E-state index contributed by atoms with van der Waals surface area (Å²) in [6.07, 6.45) is 4.68. The number of aromatic nitrogens is 2. The van der Waals surface area contributed by atoms with Crippen molar-refractivity contribution >= 4 is 11.8 Å². The molecule has 210 valence electrons. The number of hydrogen-bond acceptors (Lipinski definition) is 7. The van der Waals surface area contributed by atoms with Crippen molar-refractivity contribution in [3.05, 3.63) is 59.9 Å². The molecule has 3 aromatic rings. The van der Waals surface area contributed by atoms with E-state index < -0.39 is 0 Å². The Bertz CT molecular complexity index is 1370. The lowest BCUT2D eigenvalue weighted by molar-refractivity contribution is -0.138. The highest BCUT2D eigenvalue weighted by molar-refractivity contribution is 5.83.